The quantitative estimate of drug-likeness (QED) is 0.347. The number of methoxy groups -OCH3 is 1. The van der Waals surface area contributed by atoms with Crippen LogP contribution in [0.5, 0.6) is 5.75 Å². The molecule has 166 valence electrons. The molecule has 1 unspecified atom stereocenters. The van der Waals surface area contributed by atoms with E-state index in [-0.39, 0.29) is 0 Å². The minimum absolute atomic E-state index is 0.351. The molecular formula is C22H34BN2O5-. The van der Waals surface area contributed by atoms with Gasteiger partial charge in [-0.15, -0.1) is 0 Å². The van der Waals surface area contributed by atoms with Crippen molar-refractivity contribution in [1.82, 2.24) is 5.32 Å². The lowest BCUT2D eigenvalue weighted by atomic mass is 9.79. The maximum absolute atomic E-state index is 11.8. The molecule has 2 fully saturated rings. The van der Waals surface area contributed by atoms with Gasteiger partial charge in [0.2, 0.25) is 0 Å². The normalized spacial score (nSPS) is 26.5. The SMILES string of the molecule is COc1ccc(B(O)O)cc1CNC1CC12CCC(CN=C([O-])OC(C)(C)C)CC2. The molecule has 3 N–H and O–H groups in total. The summed E-state index contributed by atoms with van der Waals surface area (Å²) in [4.78, 5) is 4.11. The van der Waals surface area contributed by atoms with E-state index in [1.807, 2.05) is 20.8 Å². The molecule has 0 aliphatic heterocycles. The van der Waals surface area contributed by atoms with Crippen molar-refractivity contribution in [1.29, 1.82) is 0 Å². The minimum Gasteiger partial charge on any atom is -0.595 e. The van der Waals surface area contributed by atoms with Gasteiger partial charge in [0, 0.05) is 30.3 Å². The Balaban J connectivity index is 1.47. The zero-order chi connectivity index (χ0) is 21.9. The Bertz CT molecular complexity index is 754. The van der Waals surface area contributed by atoms with E-state index in [0.717, 1.165) is 43.4 Å². The van der Waals surface area contributed by atoms with Crippen LogP contribution in [0.15, 0.2) is 23.2 Å². The van der Waals surface area contributed by atoms with Gasteiger partial charge in [0.05, 0.1) is 7.11 Å². The molecular weight excluding hydrogens is 383 g/mol. The third-order valence-corrected chi connectivity index (χ3v) is 6.30. The number of ether oxygens (including phenoxy) is 2. The molecule has 0 bridgehead atoms. The number of hydrogen-bond acceptors (Lipinski definition) is 7. The van der Waals surface area contributed by atoms with E-state index in [1.54, 1.807) is 25.3 Å². The zero-order valence-electron chi connectivity index (χ0n) is 18.5. The third kappa shape index (κ3) is 5.90. The summed E-state index contributed by atoms with van der Waals surface area (Å²) < 4.78 is 10.7. The standard InChI is InChI=1S/C22H35BN2O5/c1-21(2,3)30-20(26)25-13-15-7-9-22(10-8-15)12-19(22)24-14-16-11-17(23(27)28)5-6-18(16)29-4/h5-6,11,15,19,24,27-28H,7-10,12-14H2,1-4H3,(H,25,26)/p-1. The lowest BCUT2D eigenvalue weighted by Gasteiger charge is -2.31. The summed E-state index contributed by atoms with van der Waals surface area (Å²) in [6.45, 7) is 6.73. The first kappa shape index (κ1) is 22.9. The van der Waals surface area contributed by atoms with E-state index in [0.29, 0.717) is 35.9 Å². The maximum atomic E-state index is 11.8. The van der Waals surface area contributed by atoms with Crippen molar-refractivity contribution in [2.45, 2.75) is 71.1 Å². The van der Waals surface area contributed by atoms with E-state index in [1.165, 1.54) is 0 Å². The molecule has 0 saturated heterocycles. The van der Waals surface area contributed by atoms with E-state index in [4.69, 9.17) is 9.47 Å². The van der Waals surface area contributed by atoms with Gasteiger partial charge in [0.25, 0.3) is 0 Å². The van der Waals surface area contributed by atoms with Crippen molar-refractivity contribution in [2.24, 2.45) is 16.3 Å². The van der Waals surface area contributed by atoms with Crippen LogP contribution < -0.4 is 20.6 Å². The van der Waals surface area contributed by atoms with Crippen LogP contribution in [0.3, 0.4) is 0 Å². The van der Waals surface area contributed by atoms with Gasteiger partial charge in [-0.1, -0.05) is 32.9 Å². The van der Waals surface area contributed by atoms with Gasteiger partial charge >= 0.3 is 7.12 Å². The highest BCUT2D eigenvalue weighted by Crippen LogP contribution is 2.57. The maximum Gasteiger partial charge on any atom is 0.488 e. The van der Waals surface area contributed by atoms with E-state index >= 15 is 0 Å². The van der Waals surface area contributed by atoms with E-state index in [2.05, 4.69) is 10.3 Å². The largest absolute Gasteiger partial charge is 0.595 e. The summed E-state index contributed by atoms with van der Waals surface area (Å²) in [6.07, 6.45) is 5.16. The highest BCUT2D eigenvalue weighted by Gasteiger charge is 2.54. The predicted octanol–water partition coefficient (Wildman–Crippen LogP) is 0.945. The average Bonchev–Trinajstić information content (AvgIpc) is 3.36. The molecule has 2 aliphatic rings. The van der Waals surface area contributed by atoms with Crippen LogP contribution in [-0.2, 0) is 11.3 Å². The molecule has 2 saturated carbocycles. The van der Waals surface area contributed by atoms with Crippen molar-refractivity contribution in [3.8, 4) is 5.75 Å². The molecule has 0 heterocycles. The van der Waals surface area contributed by atoms with Crippen molar-refractivity contribution in [3.63, 3.8) is 0 Å². The van der Waals surface area contributed by atoms with Gasteiger partial charge in [-0.25, -0.2) is 0 Å². The Morgan fingerprint density at radius 1 is 1.30 bits per heavy atom. The lowest BCUT2D eigenvalue weighted by Crippen LogP contribution is -2.33. The molecule has 1 spiro atoms. The Labute approximate surface area is 179 Å². The Morgan fingerprint density at radius 2 is 2.00 bits per heavy atom. The Morgan fingerprint density at radius 3 is 2.60 bits per heavy atom. The molecule has 8 heteroatoms. The van der Waals surface area contributed by atoms with Crippen LogP contribution in [0.1, 0.15) is 58.4 Å². The highest BCUT2D eigenvalue weighted by atomic mass is 16.6. The molecule has 0 amide bonds. The first-order chi connectivity index (χ1) is 14.1. The highest BCUT2D eigenvalue weighted by molar-refractivity contribution is 6.58. The topological polar surface area (TPSA) is 106 Å². The first-order valence-corrected chi connectivity index (χ1v) is 10.8. The molecule has 1 aromatic carbocycles. The van der Waals surface area contributed by atoms with Crippen molar-refractivity contribution >= 4 is 18.7 Å². The van der Waals surface area contributed by atoms with Crippen LogP contribution in [0.25, 0.3) is 0 Å². The molecule has 1 aromatic rings. The van der Waals surface area contributed by atoms with Gasteiger partial charge in [-0.3, -0.25) is 4.99 Å². The fraction of sp³-hybridized carbons (Fsp3) is 0.682. The number of rotatable bonds is 7. The summed E-state index contributed by atoms with van der Waals surface area (Å²) in [5.74, 6) is 1.20. The molecule has 2 aliphatic carbocycles. The Kier molecular flexibility index (Phi) is 7.00. The summed E-state index contributed by atoms with van der Waals surface area (Å²) in [5, 5.41) is 34.2. The Hall–Kier alpha value is -1.77. The van der Waals surface area contributed by atoms with Crippen LogP contribution in [0.4, 0.5) is 0 Å². The second-order valence-corrected chi connectivity index (χ2v) is 9.71. The number of nitrogens with one attached hydrogen (secondary N) is 1. The van der Waals surface area contributed by atoms with Gasteiger partial charge in [0.1, 0.15) is 11.8 Å². The smallest absolute Gasteiger partial charge is 0.488 e. The van der Waals surface area contributed by atoms with E-state index in [9.17, 15) is 15.2 Å². The van der Waals surface area contributed by atoms with Crippen molar-refractivity contribution < 1.29 is 24.6 Å². The molecule has 7 nitrogen and oxygen atoms in total. The van der Waals surface area contributed by atoms with Crippen molar-refractivity contribution in [3.05, 3.63) is 23.8 Å². The fourth-order valence-electron chi connectivity index (χ4n) is 4.45. The molecule has 3 rings (SSSR count). The van der Waals surface area contributed by atoms with Crippen LogP contribution in [0.2, 0.25) is 0 Å². The molecule has 1 atom stereocenters. The van der Waals surface area contributed by atoms with Gasteiger partial charge in [0.15, 0.2) is 0 Å². The van der Waals surface area contributed by atoms with Gasteiger partial charge in [-0.2, -0.15) is 0 Å². The third-order valence-electron chi connectivity index (χ3n) is 6.30. The van der Waals surface area contributed by atoms with Gasteiger partial charge < -0.3 is 29.9 Å². The fourth-order valence-corrected chi connectivity index (χ4v) is 4.45. The second kappa shape index (κ2) is 9.16. The van der Waals surface area contributed by atoms with Crippen LogP contribution >= 0.6 is 0 Å². The van der Waals surface area contributed by atoms with Crippen LogP contribution in [0, 0.1) is 11.3 Å². The predicted molar refractivity (Wildman–Crippen MR) is 116 cm³/mol. The summed E-state index contributed by atoms with van der Waals surface area (Å²) in [5.41, 5.74) is 1.24. The number of benzene rings is 1. The summed E-state index contributed by atoms with van der Waals surface area (Å²) >= 11 is 0. The first-order valence-electron chi connectivity index (χ1n) is 10.8. The van der Waals surface area contributed by atoms with Crippen LogP contribution in [-0.4, -0.2) is 48.5 Å². The number of hydrogen-bond donors (Lipinski definition) is 3. The molecule has 0 aromatic heterocycles. The summed E-state index contributed by atoms with van der Waals surface area (Å²) in [7, 11) is 0.138. The monoisotopic (exact) mass is 417 g/mol. The zero-order valence-corrected chi connectivity index (χ0v) is 18.5. The average molecular weight is 417 g/mol. The number of aliphatic imine (C=N–C) groups is 1. The van der Waals surface area contributed by atoms with Crippen molar-refractivity contribution in [2.75, 3.05) is 13.7 Å². The summed E-state index contributed by atoms with van der Waals surface area (Å²) in [6, 6.07) is 5.68. The number of nitrogens with zero attached hydrogens (tertiary/aromatic N) is 1. The molecule has 0 radical (unpaired) electrons. The lowest BCUT2D eigenvalue weighted by molar-refractivity contribution is -0.260. The molecule has 30 heavy (non-hydrogen) atoms. The van der Waals surface area contributed by atoms with Gasteiger partial charge in [-0.05, 0) is 55.0 Å². The van der Waals surface area contributed by atoms with E-state index < -0.39 is 18.8 Å². The second-order valence-electron chi connectivity index (χ2n) is 9.71. The minimum atomic E-state index is -1.48.